The number of hydrogen-bond donors (Lipinski definition) is 2. The van der Waals surface area contributed by atoms with Crippen LogP contribution in [0.2, 0.25) is 0 Å². The van der Waals surface area contributed by atoms with E-state index in [9.17, 15) is 18.5 Å². The van der Waals surface area contributed by atoms with Gasteiger partial charge in [0, 0.05) is 49.6 Å². The molecule has 10 nitrogen and oxygen atoms in total. The number of anilines is 2. The molecule has 4 aromatic carbocycles. The van der Waals surface area contributed by atoms with Crippen molar-refractivity contribution in [2.45, 2.75) is 32.9 Å². The van der Waals surface area contributed by atoms with Gasteiger partial charge in [0.05, 0.1) is 36.8 Å². The quantitative estimate of drug-likeness (QED) is 0.125. The number of nitrogens with one attached hydrogen (secondary N) is 1. The summed E-state index contributed by atoms with van der Waals surface area (Å²) in [7, 11) is -3.46. The van der Waals surface area contributed by atoms with Gasteiger partial charge in [-0.2, -0.15) is 5.26 Å². The number of carbonyl (C=O) groups is 1. The van der Waals surface area contributed by atoms with Crippen LogP contribution in [-0.2, 0) is 36.0 Å². The van der Waals surface area contributed by atoms with Gasteiger partial charge in [-0.05, 0) is 95.4 Å². The number of ether oxygens (including phenoxy) is 2. The zero-order valence-corrected chi connectivity index (χ0v) is 28.8. The molecule has 1 heterocycles. The molecule has 0 aliphatic rings. The van der Waals surface area contributed by atoms with E-state index in [0.29, 0.717) is 67.5 Å². The monoisotopic (exact) mass is 689 g/mol. The first-order chi connectivity index (χ1) is 24.1. The highest BCUT2D eigenvalue weighted by Crippen LogP contribution is 2.30. The highest BCUT2D eigenvalue weighted by atomic mass is 32.2. The third kappa shape index (κ3) is 10.3. The summed E-state index contributed by atoms with van der Waals surface area (Å²) in [6.07, 6.45) is 5.88. The number of aromatic nitrogens is 1. The molecule has 0 spiro atoms. The van der Waals surface area contributed by atoms with Crippen LogP contribution >= 0.6 is 0 Å². The largest absolute Gasteiger partial charge is 0.493 e. The van der Waals surface area contributed by atoms with Crippen molar-refractivity contribution in [2.24, 2.45) is 5.73 Å². The van der Waals surface area contributed by atoms with Gasteiger partial charge in [0.1, 0.15) is 11.5 Å². The molecule has 0 atom stereocenters. The van der Waals surface area contributed by atoms with Crippen molar-refractivity contribution in [2.75, 3.05) is 29.1 Å². The SMILES string of the molecule is Cc1c(NS(C)(=O)=O)cccc1N(Cc1ccc(C#N)cc1)Cc1ccc(OCCc2cc(OCCc3cccnc3)cc(C(N)=O)c2)cc1. The Morgan fingerprint density at radius 2 is 1.50 bits per heavy atom. The summed E-state index contributed by atoms with van der Waals surface area (Å²) in [4.78, 5) is 18.3. The molecule has 0 saturated heterocycles. The molecule has 11 heteroatoms. The van der Waals surface area contributed by atoms with Gasteiger partial charge in [-0.15, -0.1) is 0 Å². The number of hydrogen-bond acceptors (Lipinski definition) is 8. The summed E-state index contributed by atoms with van der Waals surface area (Å²) in [6.45, 7) is 3.77. The van der Waals surface area contributed by atoms with Crippen molar-refractivity contribution in [3.8, 4) is 17.6 Å². The minimum atomic E-state index is -3.46. The Bertz CT molecular complexity index is 2060. The first kappa shape index (κ1) is 35.4. The topological polar surface area (TPSA) is 148 Å². The lowest BCUT2D eigenvalue weighted by molar-refractivity contribution is 0.0999. The second kappa shape index (κ2) is 16.5. The molecule has 3 N–H and O–H groups in total. The fourth-order valence-electron chi connectivity index (χ4n) is 5.47. The Balaban J connectivity index is 1.25. The summed E-state index contributed by atoms with van der Waals surface area (Å²) < 4.78 is 38.6. The molecule has 0 unspecified atom stereocenters. The molecule has 1 amide bonds. The van der Waals surface area contributed by atoms with E-state index in [-0.39, 0.29) is 0 Å². The average Bonchev–Trinajstić information content (AvgIpc) is 3.10. The number of nitriles is 1. The Labute approximate surface area is 293 Å². The number of nitrogens with zero attached hydrogens (tertiary/aromatic N) is 3. The second-order valence-corrected chi connectivity index (χ2v) is 13.7. The standard InChI is InChI=1S/C39H39N5O5S/c1-28-37(43-50(2,46)47)6-3-7-38(28)44(26-31-10-8-29(24-40)9-11-31)27-32-12-14-35(15-13-32)48-20-17-33-21-34(39(41)45)23-36(22-33)49-19-16-30-5-4-18-42-25-30/h3-15,18,21-23,25,43H,16-17,19-20,26-27H2,1-2H3,(H2,41,45). The maximum atomic E-state index is 12.0. The van der Waals surface area contributed by atoms with Crippen LogP contribution in [0, 0.1) is 18.3 Å². The lowest BCUT2D eigenvalue weighted by Crippen LogP contribution is -2.23. The number of benzene rings is 4. The van der Waals surface area contributed by atoms with Crippen LogP contribution < -0.4 is 24.8 Å². The molecule has 5 rings (SSSR count). The summed E-state index contributed by atoms with van der Waals surface area (Å²) >= 11 is 0. The fraction of sp³-hybridized carbons (Fsp3) is 0.205. The Hall–Kier alpha value is -5.86. The third-order valence-electron chi connectivity index (χ3n) is 7.99. The van der Waals surface area contributed by atoms with E-state index in [2.05, 4.69) is 20.7 Å². The molecule has 50 heavy (non-hydrogen) atoms. The van der Waals surface area contributed by atoms with E-state index in [0.717, 1.165) is 39.8 Å². The highest BCUT2D eigenvalue weighted by molar-refractivity contribution is 7.92. The zero-order chi connectivity index (χ0) is 35.5. The molecule has 256 valence electrons. The molecule has 0 radical (unpaired) electrons. The predicted octanol–water partition coefficient (Wildman–Crippen LogP) is 6.18. The van der Waals surface area contributed by atoms with Gasteiger partial charge in [-0.1, -0.05) is 36.4 Å². The van der Waals surface area contributed by atoms with Crippen LogP contribution in [0.1, 0.15) is 43.7 Å². The van der Waals surface area contributed by atoms with Crippen molar-refractivity contribution < 1.29 is 22.7 Å². The first-order valence-electron chi connectivity index (χ1n) is 16.0. The number of rotatable bonds is 16. The summed E-state index contributed by atoms with van der Waals surface area (Å²) in [5.74, 6) is 0.743. The Morgan fingerprint density at radius 1 is 0.840 bits per heavy atom. The normalized spacial score (nSPS) is 11.0. The predicted molar refractivity (Wildman–Crippen MR) is 195 cm³/mol. The maximum absolute atomic E-state index is 12.0. The van der Waals surface area contributed by atoms with Crippen LogP contribution in [0.25, 0.3) is 0 Å². The van der Waals surface area contributed by atoms with Crippen molar-refractivity contribution in [3.63, 3.8) is 0 Å². The average molecular weight is 690 g/mol. The van der Waals surface area contributed by atoms with Crippen molar-refractivity contribution in [1.29, 1.82) is 5.26 Å². The van der Waals surface area contributed by atoms with E-state index in [1.807, 2.05) is 73.7 Å². The number of amides is 1. The molecular weight excluding hydrogens is 651 g/mol. The smallest absolute Gasteiger partial charge is 0.248 e. The molecule has 5 aromatic rings. The van der Waals surface area contributed by atoms with Crippen LogP contribution in [0.15, 0.2) is 109 Å². The van der Waals surface area contributed by atoms with Crippen LogP contribution in [-0.4, -0.2) is 38.8 Å². The lowest BCUT2D eigenvalue weighted by atomic mass is 10.1. The van der Waals surface area contributed by atoms with E-state index in [4.69, 9.17) is 15.2 Å². The van der Waals surface area contributed by atoms with E-state index in [1.165, 1.54) is 0 Å². The minimum Gasteiger partial charge on any atom is -0.493 e. The summed E-state index contributed by atoms with van der Waals surface area (Å²) in [5, 5.41) is 9.23. The number of pyridine rings is 1. The maximum Gasteiger partial charge on any atom is 0.248 e. The van der Waals surface area contributed by atoms with Crippen LogP contribution in [0.4, 0.5) is 11.4 Å². The Morgan fingerprint density at radius 3 is 2.12 bits per heavy atom. The summed E-state index contributed by atoms with van der Waals surface area (Å²) in [5.41, 5.74) is 12.7. The van der Waals surface area contributed by atoms with Crippen molar-refractivity contribution in [3.05, 3.63) is 148 Å². The van der Waals surface area contributed by atoms with Gasteiger partial charge in [-0.25, -0.2) is 8.42 Å². The highest BCUT2D eigenvalue weighted by Gasteiger charge is 2.16. The van der Waals surface area contributed by atoms with Gasteiger partial charge in [-0.3, -0.25) is 14.5 Å². The molecule has 0 fully saturated rings. The molecule has 0 saturated carbocycles. The molecule has 0 bridgehead atoms. The minimum absolute atomic E-state index is 0.376. The van der Waals surface area contributed by atoms with Gasteiger partial charge in [0.25, 0.3) is 0 Å². The van der Waals surface area contributed by atoms with E-state index < -0.39 is 15.9 Å². The van der Waals surface area contributed by atoms with Gasteiger partial charge in [0.15, 0.2) is 0 Å². The number of carbonyl (C=O) groups excluding carboxylic acids is 1. The molecular formula is C39H39N5O5S. The Kier molecular flexibility index (Phi) is 11.7. The van der Waals surface area contributed by atoms with Crippen molar-refractivity contribution >= 4 is 27.3 Å². The first-order valence-corrected chi connectivity index (χ1v) is 17.9. The zero-order valence-electron chi connectivity index (χ0n) is 28.0. The van der Waals surface area contributed by atoms with Crippen molar-refractivity contribution in [1.82, 2.24) is 4.98 Å². The van der Waals surface area contributed by atoms with E-state index in [1.54, 1.807) is 42.7 Å². The van der Waals surface area contributed by atoms with Gasteiger partial charge in [0.2, 0.25) is 15.9 Å². The third-order valence-corrected chi connectivity index (χ3v) is 8.58. The molecule has 0 aliphatic heterocycles. The summed E-state index contributed by atoms with van der Waals surface area (Å²) in [6, 6.07) is 32.1. The van der Waals surface area contributed by atoms with E-state index >= 15 is 0 Å². The second-order valence-electron chi connectivity index (χ2n) is 11.9. The van der Waals surface area contributed by atoms with Crippen LogP contribution in [0.5, 0.6) is 11.5 Å². The molecule has 1 aromatic heterocycles. The number of sulfonamides is 1. The number of primary amides is 1. The lowest BCUT2D eigenvalue weighted by Gasteiger charge is -2.28. The van der Waals surface area contributed by atoms with Gasteiger partial charge < -0.3 is 20.1 Å². The molecule has 0 aliphatic carbocycles. The fourth-order valence-corrected chi connectivity index (χ4v) is 6.09. The van der Waals surface area contributed by atoms with Crippen LogP contribution in [0.3, 0.4) is 0 Å². The van der Waals surface area contributed by atoms with Gasteiger partial charge >= 0.3 is 0 Å². The number of nitrogens with two attached hydrogens (primary N) is 1.